The predicted molar refractivity (Wildman–Crippen MR) is 68.1 cm³/mol. The van der Waals surface area contributed by atoms with Crippen LogP contribution in [0.1, 0.15) is 22.9 Å². The highest BCUT2D eigenvalue weighted by molar-refractivity contribution is 5.45. The zero-order valence-corrected chi connectivity index (χ0v) is 11.0. The van der Waals surface area contributed by atoms with Crippen LogP contribution in [0.25, 0.3) is 0 Å². The molecule has 0 fully saturated rings. The van der Waals surface area contributed by atoms with Crippen LogP contribution in [0, 0.1) is 30.9 Å². The van der Waals surface area contributed by atoms with Crippen molar-refractivity contribution < 1.29 is 14.1 Å². The van der Waals surface area contributed by atoms with Gasteiger partial charge in [-0.2, -0.15) is 0 Å². The van der Waals surface area contributed by atoms with E-state index < -0.39 is 4.92 Å². The summed E-state index contributed by atoms with van der Waals surface area (Å²) in [6.45, 7) is 5.50. The summed E-state index contributed by atoms with van der Waals surface area (Å²) in [6, 6.07) is 4.74. The summed E-state index contributed by atoms with van der Waals surface area (Å²) in [5, 5.41) is 10.8. The third-order valence-corrected chi connectivity index (χ3v) is 2.81. The maximum Gasteiger partial charge on any atom is 0.276 e. The maximum atomic E-state index is 10.8. The number of oxazole rings is 1. The summed E-state index contributed by atoms with van der Waals surface area (Å²) in [7, 11) is 0. The number of ether oxygens (including phenoxy) is 1. The lowest BCUT2D eigenvalue weighted by atomic mass is 10.2. The number of rotatable bonds is 4. The Hall–Kier alpha value is -2.37. The van der Waals surface area contributed by atoms with Crippen molar-refractivity contribution in [3.63, 3.8) is 0 Å². The molecule has 0 bridgehead atoms. The van der Waals surface area contributed by atoms with Crippen LogP contribution in [0.5, 0.6) is 5.75 Å². The summed E-state index contributed by atoms with van der Waals surface area (Å²) in [4.78, 5) is 14.6. The first kappa shape index (κ1) is 13.1. The Balaban J connectivity index is 2.11. The predicted octanol–water partition coefficient (Wildman–Crippen LogP) is 3.09. The van der Waals surface area contributed by atoms with Gasteiger partial charge in [0.2, 0.25) is 5.89 Å². The first-order valence-electron chi connectivity index (χ1n) is 5.78. The van der Waals surface area contributed by atoms with Gasteiger partial charge < -0.3 is 9.15 Å². The van der Waals surface area contributed by atoms with Crippen molar-refractivity contribution in [1.29, 1.82) is 0 Å². The van der Waals surface area contributed by atoms with E-state index >= 15 is 0 Å². The summed E-state index contributed by atoms with van der Waals surface area (Å²) in [6.07, 6.45) is 0. The summed E-state index contributed by atoms with van der Waals surface area (Å²) in [5.74, 6) is 1.62. The lowest BCUT2D eigenvalue weighted by Crippen LogP contribution is -1.98. The van der Waals surface area contributed by atoms with Gasteiger partial charge in [0.05, 0.1) is 16.7 Å². The molecule has 0 aliphatic rings. The van der Waals surface area contributed by atoms with Crippen molar-refractivity contribution in [3.8, 4) is 5.75 Å². The van der Waals surface area contributed by atoms with Gasteiger partial charge in [-0.1, -0.05) is 0 Å². The summed E-state index contributed by atoms with van der Waals surface area (Å²) >= 11 is 0. The molecule has 0 aliphatic heterocycles. The highest BCUT2D eigenvalue weighted by atomic mass is 16.6. The molecule has 0 spiro atoms. The van der Waals surface area contributed by atoms with E-state index in [0.717, 1.165) is 11.5 Å². The fourth-order valence-electron chi connectivity index (χ4n) is 1.62. The Morgan fingerprint density at radius 2 is 2.11 bits per heavy atom. The first-order valence-corrected chi connectivity index (χ1v) is 5.78. The molecule has 0 unspecified atom stereocenters. The van der Waals surface area contributed by atoms with E-state index in [4.69, 9.17) is 9.15 Å². The van der Waals surface area contributed by atoms with Crippen LogP contribution in [-0.2, 0) is 6.61 Å². The number of nitrogens with zero attached hydrogens (tertiary/aromatic N) is 2. The zero-order valence-electron chi connectivity index (χ0n) is 11.0. The molecular formula is C13H14N2O4. The minimum Gasteiger partial charge on any atom is -0.484 e. The van der Waals surface area contributed by atoms with Crippen molar-refractivity contribution in [2.24, 2.45) is 0 Å². The third-order valence-electron chi connectivity index (χ3n) is 2.81. The Morgan fingerprint density at radius 1 is 1.37 bits per heavy atom. The van der Waals surface area contributed by atoms with Crippen LogP contribution in [0.3, 0.4) is 0 Å². The normalized spacial score (nSPS) is 10.5. The quantitative estimate of drug-likeness (QED) is 0.625. The number of nitro benzene ring substituents is 1. The molecule has 0 aliphatic carbocycles. The zero-order chi connectivity index (χ0) is 14.0. The van der Waals surface area contributed by atoms with Gasteiger partial charge in [-0.3, -0.25) is 10.1 Å². The highest BCUT2D eigenvalue weighted by Crippen LogP contribution is 2.24. The number of aryl methyl sites for hydroxylation is 3. The van der Waals surface area contributed by atoms with Crippen LogP contribution in [0.15, 0.2) is 22.6 Å². The second-order valence-electron chi connectivity index (χ2n) is 4.24. The maximum absolute atomic E-state index is 10.8. The summed E-state index contributed by atoms with van der Waals surface area (Å²) < 4.78 is 10.8. The van der Waals surface area contributed by atoms with Crippen molar-refractivity contribution in [2.75, 3.05) is 0 Å². The molecule has 100 valence electrons. The molecule has 6 heteroatoms. The molecular weight excluding hydrogens is 248 g/mol. The van der Waals surface area contributed by atoms with Crippen LogP contribution in [0.4, 0.5) is 5.69 Å². The Morgan fingerprint density at radius 3 is 2.68 bits per heavy atom. The van der Waals surface area contributed by atoms with Gasteiger partial charge in [-0.15, -0.1) is 0 Å². The number of nitro groups is 1. The lowest BCUT2D eigenvalue weighted by Gasteiger charge is -2.04. The molecule has 0 amide bonds. The average Bonchev–Trinajstić information content (AvgIpc) is 2.67. The van der Waals surface area contributed by atoms with E-state index in [1.165, 1.54) is 6.07 Å². The molecule has 0 atom stereocenters. The van der Waals surface area contributed by atoms with Crippen molar-refractivity contribution >= 4 is 5.69 Å². The first-order chi connectivity index (χ1) is 8.97. The SMILES string of the molecule is Cc1ccc(OCc2nc(C)c(C)o2)cc1[N+](=O)[O-]. The smallest absolute Gasteiger partial charge is 0.276 e. The highest BCUT2D eigenvalue weighted by Gasteiger charge is 2.12. The second kappa shape index (κ2) is 5.09. The molecule has 1 heterocycles. The Labute approximate surface area is 110 Å². The van der Waals surface area contributed by atoms with Crippen LogP contribution < -0.4 is 4.74 Å². The monoisotopic (exact) mass is 262 g/mol. The largest absolute Gasteiger partial charge is 0.484 e. The van der Waals surface area contributed by atoms with Gasteiger partial charge in [-0.25, -0.2) is 4.98 Å². The van der Waals surface area contributed by atoms with Crippen molar-refractivity contribution in [3.05, 3.63) is 51.2 Å². The third kappa shape index (κ3) is 2.90. The van der Waals surface area contributed by atoms with Crippen LogP contribution in [-0.4, -0.2) is 9.91 Å². The minimum atomic E-state index is -0.429. The number of hydrogen-bond acceptors (Lipinski definition) is 5. The van der Waals surface area contributed by atoms with E-state index in [0.29, 0.717) is 17.2 Å². The summed E-state index contributed by atoms with van der Waals surface area (Å²) in [5.41, 5.74) is 1.45. The van der Waals surface area contributed by atoms with E-state index in [-0.39, 0.29) is 12.3 Å². The molecule has 0 saturated carbocycles. The fraction of sp³-hybridized carbons (Fsp3) is 0.308. The topological polar surface area (TPSA) is 78.4 Å². The fourth-order valence-corrected chi connectivity index (χ4v) is 1.62. The van der Waals surface area contributed by atoms with E-state index in [1.807, 2.05) is 13.8 Å². The van der Waals surface area contributed by atoms with E-state index in [1.54, 1.807) is 19.1 Å². The van der Waals surface area contributed by atoms with Gasteiger partial charge >= 0.3 is 0 Å². The van der Waals surface area contributed by atoms with Gasteiger partial charge in [0.1, 0.15) is 11.5 Å². The molecule has 0 N–H and O–H groups in total. The minimum absolute atomic E-state index is 0.0391. The van der Waals surface area contributed by atoms with Gasteiger partial charge in [0.15, 0.2) is 6.61 Å². The standard InChI is InChI=1S/C13H14N2O4/c1-8-4-5-11(6-12(8)15(16)17)18-7-13-14-9(2)10(3)19-13/h4-6H,7H2,1-3H3. The Kier molecular flexibility index (Phi) is 3.50. The average molecular weight is 262 g/mol. The van der Waals surface area contributed by atoms with E-state index in [9.17, 15) is 10.1 Å². The number of aromatic nitrogens is 1. The van der Waals surface area contributed by atoms with Gasteiger partial charge in [0.25, 0.3) is 5.69 Å². The van der Waals surface area contributed by atoms with Gasteiger partial charge in [0, 0.05) is 5.56 Å². The Bertz CT molecular complexity index is 600. The molecule has 0 saturated heterocycles. The molecule has 1 aromatic carbocycles. The lowest BCUT2D eigenvalue weighted by molar-refractivity contribution is -0.385. The van der Waals surface area contributed by atoms with Crippen molar-refractivity contribution in [2.45, 2.75) is 27.4 Å². The van der Waals surface area contributed by atoms with Crippen molar-refractivity contribution in [1.82, 2.24) is 4.98 Å². The molecule has 19 heavy (non-hydrogen) atoms. The molecule has 2 aromatic rings. The van der Waals surface area contributed by atoms with Gasteiger partial charge in [-0.05, 0) is 32.9 Å². The molecule has 1 aromatic heterocycles. The molecule has 2 rings (SSSR count). The van der Waals surface area contributed by atoms with E-state index in [2.05, 4.69) is 4.98 Å². The van der Waals surface area contributed by atoms with Crippen LogP contribution >= 0.6 is 0 Å². The number of hydrogen-bond donors (Lipinski definition) is 0. The molecule has 6 nitrogen and oxygen atoms in total. The second-order valence-corrected chi connectivity index (χ2v) is 4.24. The van der Waals surface area contributed by atoms with Crippen LogP contribution in [0.2, 0.25) is 0 Å². The molecule has 0 radical (unpaired) electrons. The number of benzene rings is 1.